The average molecular weight is 400 g/mol. The standard InChI is InChI=1S/C23H20N4O3/c1-15-10-16(2)12-17(11-15)27(9-5-8-24)20(28)13-26-14-25-21-18-6-3-4-7-19(18)30-22(21)23(26)29/h3-4,6-7,10-12,14H,5,9,13H2,1-2H3. The van der Waals surface area contributed by atoms with Crippen LogP contribution in [-0.2, 0) is 11.3 Å². The van der Waals surface area contributed by atoms with E-state index in [1.54, 1.807) is 11.0 Å². The fraction of sp³-hybridized carbons (Fsp3) is 0.217. The van der Waals surface area contributed by atoms with Crippen molar-refractivity contribution in [2.75, 3.05) is 11.4 Å². The van der Waals surface area contributed by atoms with Gasteiger partial charge < -0.3 is 9.32 Å². The molecule has 0 fully saturated rings. The number of amides is 1. The van der Waals surface area contributed by atoms with Crippen molar-refractivity contribution >= 4 is 33.7 Å². The van der Waals surface area contributed by atoms with Crippen LogP contribution in [-0.4, -0.2) is 22.0 Å². The van der Waals surface area contributed by atoms with E-state index in [2.05, 4.69) is 11.1 Å². The highest BCUT2D eigenvalue weighted by Crippen LogP contribution is 2.24. The van der Waals surface area contributed by atoms with E-state index in [-0.39, 0.29) is 31.0 Å². The highest BCUT2D eigenvalue weighted by Gasteiger charge is 2.19. The average Bonchev–Trinajstić information content (AvgIpc) is 3.09. The first-order valence-corrected chi connectivity index (χ1v) is 9.60. The second kappa shape index (κ2) is 7.84. The van der Waals surface area contributed by atoms with Crippen LogP contribution >= 0.6 is 0 Å². The van der Waals surface area contributed by atoms with Crippen LogP contribution in [0.15, 0.2) is 58.0 Å². The summed E-state index contributed by atoms with van der Waals surface area (Å²) in [7, 11) is 0. The molecule has 7 heteroatoms. The van der Waals surface area contributed by atoms with Gasteiger partial charge >= 0.3 is 0 Å². The van der Waals surface area contributed by atoms with E-state index in [0.717, 1.165) is 16.5 Å². The Morgan fingerprint density at radius 2 is 1.93 bits per heavy atom. The molecule has 0 atom stereocenters. The number of rotatable bonds is 5. The maximum atomic E-state index is 13.1. The minimum atomic E-state index is -0.412. The first-order chi connectivity index (χ1) is 14.5. The summed E-state index contributed by atoms with van der Waals surface area (Å²) in [5.74, 6) is -0.297. The van der Waals surface area contributed by atoms with Gasteiger partial charge in [-0.25, -0.2) is 4.98 Å². The quantitative estimate of drug-likeness (QED) is 0.509. The van der Waals surface area contributed by atoms with Crippen molar-refractivity contribution in [3.8, 4) is 6.07 Å². The van der Waals surface area contributed by atoms with Crippen LogP contribution in [0.4, 0.5) is 5.69 Å². The second-order valence-electron chi connectivity index (χ2n) is 7.25. The lowest BCUT2D eigenvalue weighted by Gasteiger charge is -2.23. The monoisotopic (exact) mass is 400 g/mol. The van der Waals surface area contributed by atoms with Crippen molar-refractivity contribution in [1.82, 2.24) is 9.55 Å². The maximum Gasteiger partial charge on any atom is 0.297 e. The molecule has 4 aromatic rings. The molecule has 30 heavy (non-hydrogen) atoms. The van der Waals surface area contributed by atoms with Crippen molar-refractivity contribution in [1.29, 1.82) is 5.26 Å². The fourth-order valence-electron chi connectivity index (χ4n) is 3.63. The number of anilines is 1. The molecule has 2 aromatic carbocycles. The molecule has 2 heterocycles. The third kappa shape index (κ3) is 3.55. The topological polar surface area (TPSA) is 92.1 Å². The van der Waals surface area contributed by atoms with Crippen molar-refractivity contribution in [2.45, 2.75) is 26.8 Å². The highest BCUT2D eigenvalue weighted by atomic mass is 16.3. The number of carbonyl (C=O) groups excluding carboxylic acids is 1. The van der Waals surface area contributed by atoms with Gasteiger partial charge in [0.05, 0.1) is 18.8 Å². The van der Waals surface area contributed by atoms with E-state index < -0.39 is 5.56 Å². The molecule has 0 spiro atoms. The minimum absolute atomic E-state index is 0.126. The van der Waals surface area contributed by atoms with Gasteiger partial charge in [0.25, 0.3) is 5.56 Å². The lowest BCUT2D eigenvalue weighted by atomic mass is 10.1. The van der Waals surface area contributed by atoms with Crippen molar-refractivity contribution in [3.05, 3.63) is 70.3 Å². The number of nitrogens with zero attached hydrogens (tertiary/aromatic N) is 4. The van der Waals surface area contributed by atoms with E-state index in [4.69, 9.17) is 9.68 Å². The Morgan fingerprint density at radius 1 is 1.20 bits per heavy atom. The molecule has 150 valence electrons. The van der Waals surface area contributed by atoms with Crippen LogP contribution in [0.3, 0.4) is 0 Å². The Hall–Kier alpha value is -3.92. The summed E-state index contributed by atoms with van der Waals surface area (Å²) in [5.41, 5.74) is 3.51. The van der Waals surface area contributed by atoms with Gasteiger partial charge in [0.2, 0.25) is 11.5 Å². The summed E-state index contributed by atoms with van der Waals surface area (Å²) < 4.78 is 6.93. The van der Waals surface area contributed by atoms with Crippen LogP contribution in [0, 0.1) is 25.2 Å². The molecule has 0 bridgehead atoms. The third-order valence-corrected chi connectivity index (χ3v) is 4.92. The van der Waals surface area contributed by atoms with Crippen LogP contribution in [0.1, 0.15) is 17.5 Å². The van der Waals surface area contributed by atoms with Crippen LogP contribution in [0.5, 0.6) is 0 Å². The molecule has 0 aliphatic heterocycles. The number of furan rings is 1. The zero-order chi connectivity index (χ0) is 21.3. The van der Waals surface area contributed by atoms with Gasteiger partial charge in [0, 0.05) is 17.6 Å². The van der Waals surface area contributed by atoms with E-state index >= 15 is 0 Å². The Labute approximate surface area is 172 Å². The van der Waals surface area contributed by atoms with Gasteiger partial charge in [-0.15, -0.1) is 0 Å². The van der Waals surface area contributed by atoms with Crippen LogP contribution < -0.4 is 10.5 Å². The predicted octanol–water partition coefficient (Wildman–Crippen LogP) is 3.71. The molecular weight excluding hydrogens is 380 g/mol. The third-order valence-electron chi connectivity index (χ3n) is 4.92. The van der Waals surface area contributed by atoms with Crippen molar-refractivity contribution in [2.24, 2.45) is 0 Å². The van der Waals surface area contributed by atoms with Gasteiger partial charge in [-0.3, -0.25) is 14.2 Å². The minimum Gasteiger partial charge on any atom is -0.448 e. The number of hydrogen-bond acceptors (Lipinski definition) is 5. The van der Waals surface area contributed by atoms with E-state index in [0.29, 0.717) is 16.8 Å². The lowest BCUT2D eigenvalue weighted by Crippen LogP contribution is -2.37. The molecule has 0 aliphatic rings. The van der Waals surface area contributed by atoms with E-state index in [9.17, 15) is 9.59 Å². The van der Waals surface area contributed by atoms with Gasteiger partial charge in [-0.05, 0) is 49.2 Å². The molecule has 0 N–H and O–H groups in total. The van der Waals surface area contributed by atoms with Crippen molar-refractivity contribution < 1.29 is 9.21 Å². The van der Waals surface area contributed by atoms with Crippen molar-refractivity contribution in [3.63, 3.8) is 0 Å². The number of benzene rings is 2. The molecule has 4 rings (SSSR count). The number of fused-ring (bicyclic) bond motifs is 3. The van der Waals surface area contributed by atoms with Crippen LogP contribution in [0.2, 0.25) is 0 Å². The molecule has 2 aromatic heterocycles. The number of aryl methyl sites for hydroxylation is 2. The largest absolute Gasteiger partial charge is 0.448 e. The normalized spacial score (nSPS) is 11.0. The molecule has 0 aliphatic carbocycles. The molecule has 0 saturated heterocycles. The Morgan fingerprint density at radius 3 is 2.67 bits per heavy atom. The lowest BCUT2D eigenvalue weighted by molar-refractivity contribution is -0.119. The number of nitriles is 1. The smallest absolute Gasteiger partial charge is 0.297 e. The number of para-hydroxylation sites is 1. The number of aromatic nitrogens is 2. The maximum absolute atomic E-state index is 13.1. The molecule has 0 saturated carbocycles. The Kier molecular flexibility index (Phi) is 5.07. The fourth-order valence-corrected chi connectivity index (χ4v) is 3.63. The summed E-state index contributed by atoms with van der Waals surface area (Å²) >= 11 is 0. The molecule has 1 amide bonds. The molecule has 0 unspecified atom stereocenters. The zero-order valence-electron chi connectivity index (χ0n) is 16.8. The highest BCUT2D eigenvalue weighted by molar-refractivity contribution is 6.01. The first kappa shape index (κ1) is 19.4. The van der Waals surface area contributed by atoms with Gasteiger partial charge in [0.1, 0.15) is 17.6 Å². The van der Waals surface area contributed by atoms with Gasteiger partial charge in [-0.2, -0.15) is 5.26 Å². The predicted molar refractivity (Wildman–Crippen MR) is 114 cm³/mol. The Balaban J connectivity index is 1.70. The molecule has 0 radical (unpaired) electrons. The summed E-state index contributed by atoms with van der Waals surface area (Å²) in [6, 6.07) is 15.2. The van der Waals surface area contributed by atoms with E-state index in [1.165, 1.54) is 10.9 Å². The summed E-state index contributed by atoms with van der Waals surface area (Å²) in [4.78, 5) is 31.9. The van der Waals surface area contributed by atoms with Crippen LogP contribution in [0.25, 0.3) is 22.1 Å². The summed E-state index contributed by atoms with van der Waals surface area (Å²) in [6.45, 7) is 3.95. The Bertz CT molecular complexity index is 1340. The number of hydrogen-bond donors (Lipinski definition) is 0. The van der Waals surface area contributed by atoms with Gasteiger partial charge in [0.15, 0.2) is 0 Å². The zero-order valence-corrected chi connectivity index (χ0v) is 16.8. The summed E-state index contributed by atoms with van der Waals surface area (Å²) in [5, 5.41) is 9.77. The molecule has 7 nitrogen and oxygen atoms in total. The number of carbonyl (C=O) groups is 1. The SMILES string of the molecule is Cc1cc(C)cc(N(CCC#N)C(=O)Cn2cnc3c(oc4ccccc43)c2=O)c1. The first-order valence-electron chi connectivity index (χ1n) is 9.60. The van der Waals surface area contributed by atoms with E-state index in [1.807, 2.05) is 50.2 Å². The molecular formula is C23H20N4O3. The van der Waals surface area contributed by atoms with Gasteiger partial charge in [-0.1, -0.05) is 18.2 Å². The summed E-state index contributed by atoms with van der Waals surface area (Å²) in [6.07, 6.45) is 1.56. The second-order valence-corrected chi connectivity index (χ2v) is 7.25.